The Morgan fingerprint density at radius 1 is 0.853 bits per heavy atom. The number of hydrogen-bond donors (Lipinski definition) is 0. The lowest BCUT2D eigenvalue weighted by molar-refractivity contribution is -0.136. The number of benzene rings is 3. The molecule has 0 spiro atoms. The fraction of sp³-hybridized carbons (Fsp3) is 0.185. The zero-order chi connectivity index (χ0) is 24.4. The van der Waals surface area contributed by atoms with Crippen LogP contribution in [-0.2, 0) is 14.3 Å². The Hall–Kier alpha value is -4.26. The molecule has 1 aliphatic heterocycles. The van der Waals surface area contributed by atoms with Crippen molar-refractivity contribution < 1.29 is 28.5 Å². The van der Waals surface area contributed by atoms with E-state index in [0.29, 0.717) is 34.2 Å². The number of fused-ring (bicyclic) bond motifs is 1. The Morgan fingerprint density at radius 2 is 1.56 bits per heavy atom. The summed E-state index contributed by atoms with van der Waals surface area (Å²) in [4.78, 5) is 28.1. The highest BCUT2D eigenvalue weighted by Crippen LogP contribution is 2.43. The smallest absolute Gasteiger partial charge is 0.340 e. The van der Waals surface area contributed by atoms with Gasteiger partial charge in [-0.2, -0.15) is 0 Å². The topological polar surface area (TPSA) is 74.3 Å². The number of ether oxygens (including phenoxy) is 4. The van der Waals surface area contributed by atoms with Crippen molar-refractivity contribution in [2.45, 2.75) is 6.92 Å². The third-order valence-corrected chi connectivity index (χ3v) is 5.83. The van der Waals surface area contributed by atoms with Crippen molar-refractivity contribution in [3.8, 4) is 17.2 Å². The van der Waals surface area contributed by atoms with Crippen LogP contribution in [0.25, 0.3) is 16.8 Å². The molecule has 0 saturated carbocycles. The van der Waals surface area contributed by atoms with Gasteiger partial charge in [0.1, 0.15) is 0 Å². The number of carbonyl (C=O) groups is 2. The largest absolute Gasteiger partial charge is 0.493 e. The van der Waals surface area contributed by atoms with E-state index in [0.717, 1.165) is 10.8 Å². The van der Waals surface area contributed by atoms with E-state index in [-0.39, 0.29) is 17.1 Å². The van der Waals surface area contributed by atoms with Crippen LogP contribution in [0.15, 0.2) is 71.4 Å². The molecule has 7 nitrogen and oxygen atoms in total. The molecule has 0 aliphatic carbocycles. The lowest BCUT2D eigenvalue weighted by Gasteiger charge is -2.20. The van der Waals surface area contributed by atoms with E-state index >= 15 is 0 Å². The highest BCUT2D eigenvalue weighted by molar-refractivity contribution is 6.25. The number of hydrogen-bond acceptors (Lipinski definition) is 6. The number of rotatable bonds is 6. The number of nitrogens with zero attached hydrogens (tertiary/aromatic N) is 1. The summed E-state index contributed by atoms with van der Waals surface area (Å²) in [5.41, 5.74) is 2.11. The maximum atomic E-state index is 13.8. The fourth-order valence-corrected chi connectivity index (χ4v) is 4.27. The number of carbonyl (C=O) groups excluding carboxylic acids is 2. The van der Waals surface area contributed by atoms with Crippen molar-refractivity contribution in [1.29, 1.82) is 0 Å². The van der Waals surface area contributed by atoms with Gasteiger partial charge in [0.2, 0.25) is 5.75 Å². The van der Waals surface area contributed by atoms with Crippen molar-refractivity contribution >= 4 is 34.4 Å². The average molecular weight is 459 g/mol. The van der Waals surface area contributed by atoms with E-state index in [9.17, 15) is 9.59 Å². The molecule has 1 amide bonds. The van der Waals surface area contributed by atoms with Gasteiger partial charge in [0.05, 0.1) is 45.3 Å². The molecule has 7 heteroatoms. The van der Waals surface area contributed by atoms with Gasteiger partial charge in [-0.05, 0) is 36.6 Å². The molecule has 1 heterocycles. The third-order valence-electron chi connectivity index (χ3n) is 5.83. The summed E-state index contributed by atoms with van der Waals surface area (Å²) in [5.74, 6) is 0.311. The molecule has 1 aliphatic rings. The molecule has 0 fully saturated rings. The summed E-state index contributed by atoms with van der Waals surface area (Å²) in [6, 6.07) is 17.0. The number of esters is 1. The fourth-order valence-electron chi connectivity index (χ4n) is 4.27. The normalized spacial score (nSPS) is 14.7. The van der Waals surface area contributed by atoms with Crippen LogP contribution in [0.4, 0.5) is 5.69 Å². The van der Waals surface area contributed by atoms with Crippen molar-refractivity contribution in [2.75, 3.05) is 33.3 Å². The van der Waals surface area contributed by atoms with Gasteiger partial charge >= 0.3 is 5.97 Å². The molecule has 0 aromatic heterocycles. The molecule has 0 bridgehead atoms. The van der Waals surface area contributed by atoms with E-state index in [2.05, 4.69) is 0 Å². The lowest BCUT2D eigenvalue weighted by Crippen LogP contribution is -2.24. The molecule has 0 radical (unpaired) electrons. The van der Waals surface area contributed by atoms with Crippen molar-refractivity contribution in [3.05, 3.63) is 77.0 Å². The number of methoxy groups -OCH3 is 4. The van der Waals surface area contributed by atoms with E-state index < -0.39 is 5.97 Å². The lowest BCUT2D eigenvalue weighted by atomic mass is 10.0. The summed E-state index contributed by atoms with van der Waals surface area (Å²) >= 11 is 0. The van der Waals surface area contributed by atoms with Crippen molar-refractivity contribution in [2.24, 2.45) is 0 Å². The SMILES string of the molecule is COC(=O)C1=C(C)N(c2cccc3ccccc23)C(=O)/C1=C\c1ccc(OC)c(OC)c1OC. The highest BCUT2D eigenvalue weighted by Gasteiger charge is 2.38. The minimum Gasteiger partial charge on any atom is -0.493 e. The van der Waals surface area contributed by atoms with Crippen LogP contribution in [0.5, 0.6) is 17.2 Å². The molecule has 174 valence electrons. The average Bonchev–Trinajstić information content (AvgIpc) is 3.11. The van der Waals surface area contributed by atoms with Gasteiger partial charge in [-0.1, -0.05) is 36.4 Å². The maximum Gasteiger partial charge on any atom is 0.340 e. The van der Waals surface area contributed by atoms with E-state index in [1.165, 1.54) is 28.4 Å². The van der Waals surface area contributed by atoms with E-state index in [1.54, 1.807) is 30.0 Å². The van der Waals surface area contributed by atoms with Gasteiger partial charge in [-0.3, -0.25) is 9.69 Å². The van der Waals surface area contributed by atoms with Gasteiger partial charge in [0.15, 0.2) is 11.5 Å². The second-order valence-electron chi connectivity index (χ2n) is 7.57. The van der Waals surface area contributed by atoms with Crippen molar-refractivity contribution in [1.82, 2.24) is 0 Å². The van der Waals surface area contributed by atoms with E-state index in [4.69, 9.17) is 18.9 Å². The Bertz CT molecular complexity index is 1350. The zero-order valence-electron chi connectivity index (χ0n) is 19.7. The summed E-state index contributed by atoms with van der Waals surface area (Å²) < 4.78 is 21.4. The second kappa shape index (κ2) is 9.31. The van der Waals surface area contributed by atoms with Crippen molar-refractivity contribution in [3.63, 3.8) is 0 Å². The number of amides is 1. The zero-order valence-corrected chi connectivity index (χ0v) is 19.7. The van der Waals surface area contributed by atoms with Crippen LogP contribution < -0.4 is 19.1 Å². The van der Waals surface area contributed by atoms with Crippen LogP contribution in [0.3, 0.4) is 0 Å². The first-order valence-electron chi connectivity index (χ1n) is 10.6. The molecule has 0 unspecified atom stereocenters. The molecule has 0 saturated heterocycles. The third kappa shape index (κ3) is 3.65. The maximum absolute atomic E-state index is 13.8. The van der Waals surface area contributed by atoms with Crippen LogP contribution >= 0.6 is 0 Å². The summed E-state index contributed by atoms with van der Waals surface area (Å²) in [5, 5.41) is 1.88. The second-order valence-corrected chi connectivity index (χ2v) is 7.57. The minimum atomic E-state index is -0.598. The molecule has 0 N–H and O–H groups in total. The monoisotopic (exact) mass is 459 g/mol. The van der Waals surface area contributed by atoms with Crippen LogP contribution in [-0.4, -0.2) is 40.3 Å². The number of anilines is 1. The Balaban J connectivity index is 1.93. The van der Waals surface area contributed by atoms with Crippen LogP contribution in [0.1, 0.15) is 12.5 Å². The predicted molar refractivity (Wildman–Crippen MR) is 130 cm³/mol. The molecule has 3 aromatic carbocycles. The van der Waals surface area contributed by atoms with Gasteiger partial charge in [-0.15, -0.1) is 0 Å². The Kier molecular flexibility index (Phi) is 6.27. The Labute approximate surface area is 197 Å². The van der Waals surface area contributed by atoms with Crippen LogP contribution in [0.2, 0.25) is 0 Å². The molecular formula is C27H25NO6. The quantitative estimate of drug-likeness (QED) is 0.392. The van der Waals surface area contributed by atoms with Gasteiger partial charge < -0.3 is 18.9 Å². The number of allylic oxidation sites excluding steroid dienone is 1. The summed E-state index contributed by atoms with van der Waals surface area (Å²) in [7, 11) is 5.83. The van der Waals surface area contributed by atoms with Gasteiger partial charge in [0, 0.05) is 16.6 Å². The summed E-state index contributed by atoms with van der Waals surface area (Å²) in [6.07, 6.45) is 1.62. The predicted octanol–water partition coefficient (Wildman–Crippen LogP) is 4.74. The minimum absolute atomic E-state index is 0.192. The molecule has 4 rings (SSSR count). The molecule has 3 aromatic rings. The summed E-state index contributed by atoms with van der Waals surface area (Å²) in [6.45, 7) is 1.73. The first-order chi connectivity index (χ1) is 16.5. The molecular weight excluding hydrogens is 434 g/mol. The molecule has 34 heavy (non-hydrogen) atoms. The standard InChI is InChI=1S/C27H25NO6/c1-16-23(27(30)34-5)20(15-18-13-14-22(31-2)25(33-4)24(18)32-3)26(29)28(16)21-12-8-10-17-9-6-7-11-19(17)21/h6-15H,1-5H3/b20-15-. The first-order valence-corrected chi connectivity index (χ1v) is 10.6. The Morgan fingerprint density at radius 3 is 2.24 bits per heavy atom. The van der Waals surface area contributed by atoms with Gasteiger partial charge in [0.25, 0.3) is 5.91 Å². The first kappa shape index (κ1) is 22.9. The van der Waals surface area contributed by atoms with Crippen LogP contribution in [0, 0.1) is 0 Å². The highest BCUT2D eigenvalue weighted by atomic mass is 16.5. The van der Waals surface area contributed by atoms with E-state index in [1.807, 2.05) is 42.5 Å². The molecule has 0 atom stereocenters. The van der Waals surface area contributed by atoms with Gasteiger partial charge in [-0.25, -0.2) is 4.79 Å².